The van der Waals surface area contributed by atoms with Crippen LogP contribution in [0, 0.1) is 17.7 Å². The van der Waals surface area contributed by atoms with E-state index in [0.717, 1.165) is 30.7 Å². The number of nitrogens with one attached hydrogen (secondary N) is 3. The number of carbonyl (C=O) groups is 3. The fourth-order valence-corrected chi connectivity index (χ4v) is 5.77. The molecule has 35 heavy (non-hydrogen) atoms. The Hall–Kier alpha value is -3.73. The van der Waals surface area contributed by atoms with Crippen LogP contribution in [0.2, 0.25) is 0 Å². The molecule has 2 heterocycles. The van der Waals surface area contributed by atoms with Gasteiger partial charge in [-0.3, -0.25) is 9.59 Å². The Morgan fingerprint density at radius 3 is 2.66 bits per heavy atom. The van der Waals surface area contributed by atoms with E-state index in [9.17, 15) is 27.2 Å². The van der Waals surface area contributed by atoms with Crippen molar-refractivity contribution in [1.29, 1.82) is 0 Å². The number of sulfone groups is 1. The molecule has 1 atom stereocenters. The average Bonchev–Trinajstić information content (AvgIpc) is 3.64. The summed E-state index contributed by atoms with van der Waals surface area (Å²) >= 11 is 0. The number of amides is 3. The van der Waals surface area contributed by atoms with Crippen molar-refractivity contribution in [3.05, 3.63) is 58.9 Å². The minimum Gasteiger partial charge on any atom is -0.356 e. The number of nitrogens with zero attached hydrogens (tertiary/aromatic N) is 1. The number of rotatable bonds is 5. The summed E-state index contributed by atoms with van der Waals surface area (Å²) in [4.78, 5) is 39.8. The van der Waals surface area contributed by atoms with Crippen LogP contribution in [0.4, 0.5) is 26.2 Å². The standard InChI is InChI=1S/C24H23FN4O5S/c1-26-24(32)27-15-5-6-17-20(11-15)35(33,34)12-18(28-17)21-22(30)16-10-14(25)4-7-19(16)29(23(21)31)9-8-13-2-3-13/h4-7,10-13,21,28H,2-3,8-9H2,1H3,(H2,26,27,32). The molecule has 1 fully saturated rings. The lowest BCUT2D eigenvalue weighted by Gasteiger charge is -2.35. The molecule has 5 rings (SSSR count). The molecule has 0 spiro atoms. The lowest BCUT2D eigenvalue weighted by atomic mass is 9.87. The summed E-state index contributed by atoms with van der Waals surface area (Å²) in [6, 6.07) is 7.42. The van der Waals surface area contributed by atoms with E-state index in [2.05, 4.69) is 16.0 Å². The van der Waals surface area contributed by atoms with Crippen molar-refractivity contribution < 1.29 is 27.2 Å². The summed E-state index contributed by atoms with van der Waals surface area (Å²) in [5, 5.41) is 8.66. The van der Waals surface area contributed by atoms with E-state index in [1.165, 1.54) is 42.3 Å². The van der Waals surface area contributed by atoms with Gasteiger partial charge < -0.3 is 20.9 Å². The van der Waals surface area contributed by atoms with Crippen molar-refractivity contribution in [2.75, 3.05) is 29.1 Å². The molecule has 3 N–H and O–H groups in total. The second kappa shape index (κ2) is 8.49. The topological polar surface area (TPSA) is 125 Å². The van der Waals surface area contributed by atoms with Crippen molar-refractivity contribution in [2.24, 2.45) is 11.8 Å². The van der Waals surface area contributed by atoms with E-state index in [0.29, 0.717) is 18.2 Å². The summed E-state index contributed by atoms with van der Waals surface area (Å²) in [6.07, 6.45) is 2.91. The molecule has 1 unspecified atom stereocenters. The van der Waals surface area contributed by atoms with Gasteiger partial charge in [-0.15, -0.1) is 0 Å². The lowest BCUT2D eigenvalue weighted by molar-refractivity contribution is -0.120. The quantitative estimate of drug-likeness (QED) is 0.544. The molecule has 0 aromatic heterocycles. The molecule has 3 amide bonds. The van der Waals surface area contributed by atoms with E-state index in [1.807, 2.05) is 0 Å². The highest BCUT2D eigenvalue weighted by atomic mass is 32.2. The molecule has 0 bridgehead atoms. The van der Waals surface area contributed by atoms with Crippen LogP contribution in [-0.2, 0) is 14.6 Å². The number of hydrogen-bond donors (Lipinski definition) is 3. The molecule has 3 aliphatic rings. The van der Waals surface area contributed by atoms with Crippen LogP contribution < -0.4 is 20.9 Å². The van der Waals surface area contributed by atoms with Crippen molar-refractivity contribution in [1.82, 2.24) is 5.32 Å². The van der Waals surface area contributed by atoms with Gasteiger partial charge in [-0.05, 0) is 48.7 Å². The predicted molar refractivity (Wildman–Crippen MR) is 127 cm³/mol. The molecule has 2 aromatic carbocycles. The molecule has 11 heteroatoms. The third kappa shape index (κ3) is 4.27. The van der Waals surface area contributed by atoms with Crippen molar-refractivity contribution in [3.8, 4) is 0 Å². The van der Waals surface area contributed by atoms with Crippen LogP contribution in [-0.4, -0.2) is 39.7 Å². The lowest BCUT2D eigenvalue weighted by Crippen LogP contribution is -2.47. The minimum atomic E-state index is -4.06. The molecule has 0 radical (unpaired) electrons. The minimum absolute atomic E-state index is 0.0430. The third-order valence-corrected chi connectivity index (χ3v) is 7.91. The molecule has 1 aliphatic carbocycles. The molecule has 9 nitrogen and oxygen atoms in total. The maximum Gasteiger partial charge on any atom is 0.318 e. The highest BCUT2D eigenvalue weighted by Crippen LogP contribution is 2.40. The third-order valence-electron chi connectivity index (χ3n) is 6.39. The van der Waals surface area contributed by atoms with Gasteiger partial charge >= 0.3 is 6.03 Å². The Labute approximate surface area is 201 Å². The summed E-state index contributed by atoms with van der Waals surface area (Å²) < 4.78 is 40.3. The number of carbonyl (C=O) groups excluding carboxylic acids is 3. The summed E-state index contributed by atoms with van der Waals surface area (Å²) in [7, 11) is -2.64. The van der Waals surface area contributed by atoms with E-state index < -0.39 is 39.3 Å². The smallest absolute Gasteiger partial charge is 0.318 e. The van der Waals surface area contributed by atoms with Crippen LogP contribution in [0.1, 0.15) is 29.6 Å². The first-order valence-corrected chi connectivity index (χ1v) is 12.7. The summed E-state index contributed by atoms with van der Waals surface area (Å²) in [5.74, 6) is -2.77. The van der Waals surface area contributed by atoms with Crippen LogP contribution in [0.25, 0.3) is 0 Å². The Morgan fingerprint density at radius 2 is 1.94 bits per heavy atom. The van der Waals surface area contributed by atoms with Gasteiger partial charge in [0.25, 0.3) is 0 Å². The highest BCUT2D eigenvalue weighted by Gasteiger charge is 2.44. The number of benzene rings is 2. The SMILES string of the molecule is CNC(=O)Nc1ccc2c(c1)S(=O)(=O)C=C(C1C(=O)c3cc(F)ccc3N(CCC3CC3)C1=O)N2. The Kier molecular flexibility index (Phi) is 5.59. The monoisotopic (exact) mass is 498 g/mol. The van der Waals surface area contributed by atoms with E-state index in [1.54, 1.807) is 0 Å². The Morgan fingerprint density at radius 1 is 1.17 bits per heavy atom. The summed E-state index contributed by atoms with van der Waals surface area (Å²) in [5.41, 5.74) is 0.709. The van der Waals surface area contributed by atoms with Crippen molar-refractivity contribution >= 4 is 44.6 Å². The number of anilines is 3. The molecular formula is C24H23FN4O5S. The van der Waals surface area contributed by atoms with Gasteiger partial charge in [-0.1, -0.05) is 12.8 Å². The number of urea groups is 1. The fourth-order valence-electron chi connectivity index (χ4n) is 4.39. The molecular weight excluding hydrogens is 475 g/mol. The molecule has 0 saturated heterocycles. The highest BCUT2D eigenvalue weighted by molar-refractivity contribution is 7.94. The first-order valence-electron chi connectivity index (χ1n) is 11.2. The van der Waals surface area contributed by atoms with Gasteiger partial charge in [0.1, 0.15) is 11.7 Å². The van der Waals surface area contributed by atoms with Crippen LogP contribution in [0.5, 0.6) is 0 Å². The van der Waals surface area contributed by atoms with Gasteiger partial charge in [-0.2, -0.15) is 0 Å². The van der Waals surface area contributed by atoms with Gasteiger partial charge in [0.05, 0.1) is 21.7 Å². The first kappa shape index (κ1) is 23.0. The second-order valence-electron chi connectivity index (χ2n) is 8.84. The largest absolute Gasteiger partial charge is 0.356 e. The molecule has 182 valence electrons. The Balaban J connectivity index is 1.52. The summed E-state index contributed by atoms with van der Waals surface area (Å²) in [6.45, 7) is 0.358. The molecule has 2 aromatic rings. The zero-order chi connectivity index (χ0) is 24.9. The molecule has 1 saturated carbocycles. The number of fused-ring (bicyclic) bond motifs is 2. The number of ketones is 1. The van der Waals surface area contributed by atoms with Crippen LogP contribution in [0.15, 0.2) is 52.4 Å². The van der Waals surface area contributed by atoms with Crippen molar-refractivity contribution in [2.45, 2.75) is 24.2 Å². The number of halogens is 1. The first-order chi connectivity index (χ1) is 16.7. The zero-order valence-electron chi connectivity index (χ0n) is 18.8. The number of Topliss-reactive ketones (excluding diaryl/α,β-unsaturated/α-hetero) is 1. The van der Waals surface area contributed by atoms with Crippen molar-refractivity contribution in [3.63, 3.8) is 0 Å². The maximum atomic E-state index is 14.0. The fraction of sp³-hybridized carbons (Fsp3) is 0.292. The van der Waals surface area contributed by atoms with Gasteiger partial charge in [0.15, 0.2) is 5.78 Å². The number of hydrogen-bond acceptors (Lipinski definition) is 6. The van der Waals surface area contributed by atoms with Gasteiger partial charge in [0.2, 0.25) is 15.7 Å². The second-order valence-corrected chi connectivity index (χ2v) is 10.6. The molecule has 2 aliphatic heterocycles. The van der Waals surface area contributed by atoms with Gasteiger partial charge in [-0.25, -0.2) is 17.6 Å². The maximum absolute atomic E-state index is 14.0. The van der Waals surface area contributed by atoms with E-state index >= 15 is 0 Å². The van der Waals surface area contributed by atoms with Gasteiger partial charge in [0, 0.05) is 30.5 Å². The Bertz CT molecular complexity index is 1400. The van der Waals surface area contributed by atoms with Crippen LogP contribution >= 0.6 is 0 Å². The predicted octanol–water partition coefficient (Wildman–Crippen LogP) is 3.26. The van der Waals surface area contributed by atoms with Crippen LogP contribution in [0.3, 0.4) is 0 Å². The average molecular weight is 499 g/mol. The zero-order valence-corrected chi connectivity index (χ0v) is 19.6. The van der Waals surface area contributed by atoms with E-state index in [-0.39, 0.29) is 27.5 Å². The van der Waals surface area contributed by atoms with E-state index in [4.69, 9.17) is 0 Å². The normalized spacial score (nSPS) is 20.3.